The zero-order valence-corrected chi connectivity index (χ0v) is 14.6. The summed E-state index contributed by atoms with van der Waals surface area (Å²) in [4.78, 5) is 24.7. The second kappa shape index (κ2) is 5.96. The fourth-order valence-electron chi connectivity index (χ4n) is 3.47. The van der Waals surface area contributed by atoms with Gasteiger partial charge in [0.15, 0.2) is 5.82 Å². The normalized spacial score (nSPS) is 17.3. The predicted octanol–water partition coefficient (Wildman–Crippen LogP) is 1.05. The number of H-pyrrole nitrogens is 1. The number of hydrogen-bond donors (Lipinski definition) is 1. The van der Waals surface area contributed by atoms with Crippen LogP contribution >= 0.6 is 0 Å². The molecule has 0 aromatic carbocycles. The Morgan fingerprint density at radius 2 is 2.24 bits per heavy atom. The van der Waals surface area contributed by atoms with Crippen LogP contribution < -0.4 is 0 Å². The van der Waals surface area contributed by atoms with E-state index in [1.807, 2.05) is 38.1 Å². The molecular weight excluding hydrogens is 318 g/mol. The molecule has 1 N–H and O–H groups in total. The highest BCUT2D eigenvalue weighted by atomic mass is 16.2. The standard InChI is InChI=1S/C17H21N7O/c1-11-20-21-15-10-24(12(8-22(2)3)9-23(11)15)17(25)14-7-19-16-13(14)5-4-6-18-16/h4-7,12H,8-10H2,1-3H3,(H,18,19). The van der Waals surface area contributed by atoms with Crippen LogP contribution in [0.4, 0.5) is 0 Å². The molecule has 0 spiro atoms. The second-order valence-corrected chi connectivity index (χ2v) is 6.73. The summed E-state index contributed by atoms with van der Waals surface area (Å²) in [7, 11) is 4.04. The minimum absolute atomic E-state index is 0.00185. The molecule has 3 aromatic rings. The first kappa shape index (κ1) is 15.8. The first-order valence-electron chi connectivity index (χ1n) is 8.31. The number of rotatable bonds is 3. The van der Waals surface area contributed by atoms with Gasteiger partial charge in [0.1, 0.15) is 11.5 Å². The maximum Gasteiger partial charge on any atom is 0.256 e. The number of likely N-dealkylation sites (N-methyl/N-ethyl adjacent to an activating group) is 1. The Morgan fingerprint density at radius 1 is 1.40 bits per heavy atom. The van der Waals surface area contributed by atoms with Crippen molar-refractivity contribution in [2.75, 3.05) is 20.6 Å². The van der Waals surface area contributed by atoms with Crippen LogP contribution in [0.3, 0.4) is 0 Å². The molecule has 0 aliphatic carbocycles. The fraction of sp³-hybridized carbons (Fsp3) is 0.412. The predicted molar refractivity (Wildman–Crippen MR) is 93.1 cm³/mol. The fourth-order valence-corrected chi connectivity index (χ4v) is 3.47. The molecule has 0 saturated carbocycles. The van der Waals surface area contributed by atoms with E-state index in [1.54, 1.807) is 12.4 Å². The van der Waals surface area contributed by atoms with Crippen LogP contribution in [0, 0.1) is 6.92 Å². The van der Waals surface area contributed by atoms with Crippen molar-refractivity contribution in [3.05, 3.63) is 41.7 Å². The lowest BCUT2D eigenvalue weighted by molar-refractivity contribution is 0.0545. The van der Waals surface area contributed by atoms with Crippen molar-refractivity contribution in [2.45, 2.75) is 26.1 Å². The van der Waals surface area contributed by atoms with Gasteiger partial charge >= 0.3 is 0 Å². The van der Waals surface area contributed by atoms with Gasteiger partial charge in [-0.2, -0.15) is 0 Å². The van der Waals surface area contributed by atoms with Crippen LogP contribution in [-0.4, -0.2) is 67.1 Å². The highest BCUT2D eigenvalue weighted by Gasteiger charge is 2.33. The first-order valence-corrected chi connectivity index (χ1v) is 8.31. The van der Waals surface area contributed by atoms with Crippen molar-refractivity contribution in [1.82, 2.24) is 34.5 Å². The van der Waals surface area contributed by atoms with E-state index in [-0.39, 0.29) is 11.9 Å². The lowest BCUT2D eigenvalue weighted by Gasteiger charge is -2.37. The Labute approximate surface area is 145 Å². The Kier molecular flexibility index (Phi) is 3.76. The minimum Gasteiger partial charge on any atom is -0.345 e. The number of pyridine rings is 1. The Morgan fingerprint density at radius 3 is 3.04 bits per heavy atom. The molecular formula is C17H21N7O. The molecule has 0 radical (unpaired) electrons. The molecule has 130 valence electrons. The van der Waals surface area contributed by atoms with Crippen LogP contribution in [-0.2, 0) is 13.1 Å². The van der Waals surface area contributed by atoms with Crippen LogP contribution in [0.1, 0.15) is 22.0 Å². The molecule has 1 unspecified atom stereocenters. The molecule has 0 fully saturated rings. The number of fused-ring (bicyclic) bond motifs is 2. The third-order valence-corrected chi connectivity index (χ3v) is 4.68. The maximum atomic E-state index is 13.3. The minimum atomic E-state index is -0.00185. The van der Waals surface area contributed by atoms with E-state index in [4.69, 9.17) is 0 Å². The van der Waals surface area contributed by atoms with Gasteiger partial charge in [0.2, 0.25) is 0 Å². The van der Waals surface area contributed by atoms with Crippen LogP contribution in [0.15, 0.2) is 24.5 Å². The van der Waals surface area contributed by atoms with Crippen molar-refractivity contribution in [2.24, 2.45) is 0 Å². The number of carbonyl (C=O) groups excluding carboxylic acids is 1. The SMILES string of the molecule is Cc1nnc2n1CC(CN(C)C)N(C(=O)c1c[nH]c3ncccc13)C2. The van der Waals surface area contributed by atoms with E-state index in [9.17, 15) is 4.79 Å². The zero-order chi connectivity index (χ0) is 17.6. The van der Waals surface area contributed by atoms with Gasteiger partial charge in [-0.15, -0.1) is 10.2 Å². The zero-order valence-electron chi connectivity index (χ0n) is 14.6. The van der Waals surface area contributed by atoms with Crippen molar-refractivity contribution < 1.29 is 4.79 Å². The van der Waals surface area contributed by atoms with E-state index in [0.29, 0.717) is 18.7 Å². The number of nitrogens with one attached hydrogen (secondary N) is 1. The van der Waals surface area contributed by atoms with E-state index < -0.39 is 0 Å². The molecule has 25 heavy (non-hydrogen) atoms. The quantitative estimate of drug-likeness (QED) is 0.771. The summed E-state index contributed by atoms with van der Waals surface area (Å²) in [5, 5.41) is 9.24. The van der Waals surface area contributed by atoms with Gasteiger partial charge in [0, 0.05) is 30.9 Å². The van der Waals surface area contributed by atoms with E-state index >= 15 is 0 Å². The molecule has 4 heterocycles. The van der Waals surface area contributed by atoms with Crippen molar-refractivity contribution in [1.29, 1.82) is 0 Å². The third-order valence-electron chi connectivity index (χ3n) is 4.68. The first-order chi connectivity index (χ1) is 12.0. The topological polar surface area (TPSA) is 82.9 Å². The molecule has 1 amide bonds. The van der Waals surface area contributed by atoms with Gasteiger partial charge in [0.05, 0.1) is 18.2 Å². The van der Waals surface area contributed by atoms with E-state index in [1.165, 1.54) is 0 Å². The highest BCUT2D eigenvalue weighted by molar-refractivity contribution is 6.06. The smallest absolute Gasteiger partial charge is 0.256 e. The number of aromatic amines is 1. The summed E-state index contributed by atoms with van der Waals surface area (Å²) < 4.78 is 2.11. The van der Waals surface area contributed by atoms with Crippen LogP contribution in [0.25, 0.3) is 11.0 Å². The second-order valence-electron chi connectivity index (χ2n) is 6.73. The highest BCUT2D eigenvalue weighted by Crippen LogP contribution is 2.24. The number of aryl methyl sites for hydroxylation is 1. The van der Waals surface area contributed by atoms with Crippen LogP contribution in [0.5, 0.6) is 0 Å². The van der Waals surface area contributed by atoms with E-state index in [2.05, 4.69) is 29.6 Å². The average Bonchev–Trinajstić information content (AvgIpc) is 3.17. The summed E-state index contributed by atoms with van der Waals surface area (Å²) >= 11 is 0. The summed E-state index contributed by atoms with van der Waals surface area (Å²) in [6, 6.07) is 3.83. The average molecular weight is 339 g/mol. The Balaban J connectivity index is 1.72. The molecule has 1 atom stereocenters. The monoisotopic (exact) mass is 339 g/mol. The number of carbonyl (C=O) groups is 1. The van der Waals surface area contributed by atoms with Crippen molar-refractivity contribution in [3.63, 3.8) is 0 Å². The molecule has 8 heteroatoms. The number of hydrogen-bond acceptors (Lipinski definition) is 5. The Hall–Kier alpha value is -2.74. The summed E-state index contributed by atoms with van der Waals surface area (Å²) in [6.45, 7) is 3.90. The number of amides is 1. The number of aromatic nitrogens is 5. The van der Waals surface area contributed by atoms with Gasteiger partial charge in [-0.1, -0.05) is 0 Å². The van der Waals surface area contributed by atoms with E-state index in [0.717, 1.165) is 29.2 Å². The number of nitrogens with zero attached hydrogens (tertiary/aromatic N) is 6. The van der Waals surface area contributed by atoms with Gasteiger partial charge in [-0.25, -0.2) is 4.98 Å². The van der Waals surface area contributed by atoms with Crippen molar-refractivity contribution >= 4 is 16.9 Å². The van der Waals surface area contributed by atoms with Crippen molar-refractivity contribution in [3.8, 4) is 0 Å². The molecule has 1 aliphatic rings. The van der Waals surface area contributed by atoms with Crippen LogP contribution in [0.2, 0.25) is 0 Å². The summed E-state index contributed by atoms with van der Waals surface area (Å²) in [5.41, 5.74) is 1.38. The molecule has 0 saturated heterocycles. The molecule has 3 aromatic heterocycles. The van der Waals surface area contributed by atoms with Gasteiger partial charge in [0.25, 0.3) is 5.91 Å². The largest absolute Gasteiger partial charge is 0.345 e. The molecule has 8 nitrogen and oxygen atoms in total. The summed E-state index contributed by atoms with van der Waals surface area (Å²) in [6.07, 6.45) is 3.46. The molecule has 1 aliphatic heterocycles. The van der Waals surface area contributed by atoms with Gasteiger partial charge in [-0.3, -0.25) is 4.79 Å². The lowest BCUT2D eigenvalue weighted by atomic mass is 10.1. The lowest BCUT2D eigenvalue weighted by Crippen LogP contribution is -2.50. The maximum absolute atomic E-state index is 13.3. The third kappa shape index (κ3) is 2.68. The Bertz CT molecular complexity index is 926. The van der Waals surface area contributed by atoms with Gasteiger partial charge in [-0.05, 0) is 33.2 Å². The molecule has 4 rings (SSSR count). The molecule has 0 bridgehead atoms. The van der Waals surface area contributed by atoms with Gasteiger partial charge < -0.3 is 19.4 Å². The summed E-state index contributed by atoms with van der Waals surface area (Å²) in [5.74, 6) is 1.72.